The fourth-order valence-electron chi connectivity index (χ4n) is 2.88. The zero-order chi connectivity index (χ0) is 17.3. The van der Waals surface area contributed by atoms with Gasteiger partial charge in [-0.05, 0) is 11.6 Å². The molecule has 3 rings (SSSR count). The second kappa shape index (κ2) is 6.37. The summed E-state index contributed by atoms with van der Waals surface area (Å²) in [6.45, 7) is 0. The molecule has 128 valence electrons. The number of rotatable bonds is 4. The molecular formula is C16H19N3O4S. The molecule has 8 heteroatoms. The van der Waals surface area contributed by atoms with E-state index in [1.807, 2.05) is 30.3 Å². The molecule has 0 aliphatic carbocycles. The quantitative estimate of drug-likeness (QED) is 0.874. The first kappa shape index (κ1) is 16.7. The topological polar surface area (TPSA) is 90.3 Å². The molecule has 2 unspecified atom stereocenters. The first-order chi connectivity index (χ1) is 11.4. The van der Waals surface area contributed by atoms with Gasteiger partial charge in [0.25, 0.3) is 5.91 Å². The van der Waals surface area contributed by atoms with E-state index in [2.05, 4.69) is 10.4 Å². The van der Waals surface area contributed by atoms with Gasteiger partial charge in [-0.25, -0.2) is 8.42 Å². The summed E-state index contributed by atoms with van der Waals surface area (Å²) < 4.78 is 30.2. The molecule has 2 atom stereocenters. The van der Waals surface area contributed by atoms with Crippen LogP contribution >= 0.6 is 0 Å². The Morgan fingerprint density at radius 2 is 2.00 bits per heavy atom. The molecule has 2 heterocycles. The second-order valence-corrected chi connectivity index (χ2v) is 7.99. The van der Waals surface area contributed by atoms with E-state index in [-0.39, 0.29) is 17.2 Å². The minimum absolute atomic E-state index is 0.0775. The number of hydrogen-bond acceptors (Lipinski definition) is 5. The number of hydrogen-bond donors (Lipinski definition) is 1. The van der Waals surface area contributed by atoms with Crippen LogP contribution in [0.3, 0.4) is 0 Å². The standard InChI is InChI=1S/C16H19N3O4S/c1-19-14(11-6-4-3-5-7-11)8-12(18-19)16(20)17-13-9-24(21,22)10-15(13)23-2/h3-8,13,15H,9-10H2,1-2H3,(H,17,20). The van der Waals surface area contributed by atoms with Crippen LogP contribution in [0.5, 0.6) is 0 Å². The van der Waals surface area contributed by atoms with E-state index in [1.54, 1.807) is 17.8 Å². The van der Waals surface area contributed by atoms with Crippen LogP contribution in [0, 0.1) is 0 Å². The van der Waals surface area contributed by atoms with Crippen molar-refractivity contribution in [3.63, 3.8) is 0 Å². The molecule has 2 aromatic rings. The van der Waals surface area contributed by atoms with E-state index in [9.17, 15) is 13.2 Å². The third-order valence-electron chi connectivity index (χ3n) is 4.10. The minimum Gasteiger partial charge on any atom is -0.378 e. The van der Waals surface area contributed by atoms with Gasteiger partial charge in [-0.15, -0.1) is 0 Å². The van der Waals surface area contributed by atoms with E-state index in [0.29, 0.717) is 0 Å². The maximum Gasteiger partial charge on any atom is 0.272 e. The lowest BCUT2D eigenvalue weighted by molar-refractivity contribution is 0.0782. The zero-order valence-corrected chi connectivity index (χ0v) is 14.3. The van der Waals surface area contributed by atoms with Crippen molar-refractivity contribution in [1.82, 2.24) is 15.1 Å². The van der Waals surface area contributed by atoms with Crippen molar-refractivity contribution in [3.05, 3.63) is 42.1 Å². The highest BCUT2D eigenvalue weighted by molar-refractivity contribution is 7.91. The molecule has 24 heavy (non-hydrogen) atoms. The van der Waals surface area contributed by atoms with Crippen LogP contribution < -0.4 is 5.32 Å². The molecule has 0 bridgehead atoms. The van der Waals surface area contributed by atoms with Crippen molar-refractivity contribution in [3.8, 4) is 11.3 Å². The Hall–Kier alpha value is -2.19. The fourth-order valence-corrected chi connectivity index (χ4v) is 4.73. The minimum atomic E-state index is -3.20. The number of amides is 1. The fraction of sp³-hybridized carbons (Fsp3) is 0.375. The van der Waals surface area contributed by atoms with Gasteiger partial charge in [0.1, 0.15) is 0 Å². The van der Waals surface area contributed by atoms with Crippen LogP contribution in [0.4, 0.5) is 0 Å². The lowest BCUT2D eigenvalue weighted by atomic mass is 10.1. The number of sulfone groups is 1. The van der Waals surface area contributed by atoms with E-state index in [4.69, 9.17) is 4.74 Å². The van der Waals surface area contributed by atoms with Crippen LogP contribution in [-0.4, -0.2) is 54.9 Å². The highest BCUT2D eigenvalue weighted by Gasteiger charge is 2.39. The predicted molar refractivity (Wildman–Crippen MR) is 89.3 cm³/mol. The Balaban J connectivity index is 1.79. The second-order valence-electron chi connectivity index (χ2n) is 5.84. The Morgan fingerprint density at radius 3 is 2.67 bits per heavy atom. The summed E-state index contributed by atoms with van der Waals surface area (Å²) in [7, 11) is 0.00858. The van der Waals surface area contributed by atoms with Gasteiger partial charge in [-0.3, -0.25) is 9.48 Å². The summed E-state index contributed by atoms with van der Waals surface area (Å²) >= 11 is 0. The van der Waals surface area contributed by atoms with E-state index in [0.717, 1.165) is 11.3 Å². The van der Waals surface area contributed by atoms with Gasteiger partial charge in [-0.2, -0.15) is 5.10 Å². The number of carbonyl (C=O) groups is 1. The van der Waals surface area contributed by atoms with E-state index < -0.39 is 27.9 Å². The Bertz CT molecular complexity index is 845. The summed E-state index contributed by atoms with van der Waals surface area (Å²) in [4.78, 5) is 12.4. The van der Waals surface area contributed by atoms with Crippen LogP contribution in [0.15, 0.2) is 36.4 Å². The average Bonchev–Trinajstić information content (AvgIpc) is 3.07. The monoisotopic (exact) mass is 349 g/mol. The van der Waals surface area contributed by atoms with Gasteiger partial charge in [-0.1, -0.05) is 30.3 Å². The third-order valence-corrected chi connectivity index (χ3v) is 5.81. The number of nitrogens with zero attached hydrogens (tertiary/aromatic N) is 2. The first-order valence-corrected chi connectivity index (χ1v) is 9.35. The molecule has 1 aromatic carbocycles. The van der Waals surface area contributed by atoms with Gasteiger partial charge in [0.15, 0.2) is 15.5 Å². The summed E-state index contributed by atoms with van der Waals surface area (Å²) in [5.41, 5.74) is 2.00. The van der Waals surface area contributed by atoms with Crippen LogP contribution in [-0.2, 0) is 21.6 Å². The number of methoxy groups -OCH3 is 1. The number of aryl methyl sites for hydroxylation is 1. The molecule has 0 radical (unpaired) electrons. The van der Waals surface area contributed by atoms with Gasteiger partial charge in [0.2, 0.25) is 0 Å². The number of ether oxygens (including phenoxy) is 1. The smallest absolute Gasteiger partial charge is 0.272 e. The lowest BCUT2D eigenvalue weighted by Gasteiger charge is -2.17. The molecule has 1 saturated heterocycles. The maximum atomic E-state index is 12.4. The molecule has 0 spiro atoms. The molecule has 1 aromatic heterocycles. The Labute approximate surface area is 140 Å². The molecule has 7 nitrogen and oxygen atoms in total. The Morgan fingerprint density at radius 1 is 1.29 bits per heavy atom. The predicted octanol–water partition coefficient (Wildman–Crippen LogP) is 0.629. The van der Waals surface area contributed by atoms with Gasteiger partial charge in [0, 0.05) is 14.2 Å². The molecule has 1 aliphatic rings. The van der Waals surface area contributed by atoms with Gasteiger partial charge < -0.3 is 10.1 Å². The highest BCUT2D eigenvalue weighted by atomic mass is 32.2. The summed E-state index contributed by atoms with van der Waals surface area (Å²) in [5, 5.41) is 6.96. The molecule has 0 saturated carbocycles. The molecule has 1 N–H and O–H groups in total. The van der Waals surface area contributed by atoms with Crippen molar-refractivity contribution in [2.45, 2.75) is 12.1 Å². The summed E-state index contributed by atoms with van der Waals surface area (Å²) in [6, 6.07) is 10.7. The number of benzene rings is 1. The van der Waals surface area contributed by atoms with Crippen LogP contribution in [0.2, 0.25) is 0 Å². The van der Waals surface area contributed by atoms with E-state index in [1.165, 1.54) is 7.11 Å². The normalized spacial score (nSPS) is 22.4. The Kier molecular flexibility index (Phi) is 4.42. The maximum absolute atomic E-state index is 12.4. The van der Waals surface area contributed by atoms with Gasteiger partial charge in [0.05, 0.1) is 29.3 Å². The van der Waals surface area contributed by atoms with Crippen LogP contribution in [0.25, 0.3) is 11.3 Å². The number of aromatic nitrogens is 2. The first-order valence-electron chi connectivity index (χ1n) is 7.53. The number of nitrogens with one attached hydrogen (secondary N) is 1. The summed E-state index contributed by atoms with van der Waals surface area (Å²) in [5.74, 6) is -0.599. The van der Waals surface area contributed by atoms with Crippen molar-refractivity contribution in [2.24, 2.45) is 7.05 Å². The van der Waals surface area contributed by atoms with Gasteiger partial charge >= 0.3 is 0 Å². The molecule has 1 amide bonds. The van der Waals surface area contributed by atoms with Crippen molar-refractivity contribution in [2.75, 3.05) is 18.6 Å². The molecule has 1 aliphatic heterocycles. The lowest BCUT2D eigenvalue weighted by Crippen LogP contribution is -2.43. The van der Waals surface area contributed by atoms with Crippen molar-refractivity contribution >= 4 is 15.7 Å². The van der Waals surface area contributed by atoms with E-state index >= 15 is 0 Å². The largest absolute Gasteiger partial charge is 0.378 e. The zero-order valence-electron chi connectivity index (χ0n) is 13.5. The average molecular weight is 349 g/mol. The SMILES string of the molecule is COC1CS(=O)(=O)CC1NC(=O)c1cc(-c2ccccc2)n(C)n1. The molecular weight excluding hydrogens is 330 g/mol. The highest BCUT2D eigenvalue weighted by Crippen LogP contribution is 2.20. The van der Waals surface area contributed by atoms with Crippen molar-refractivity contribution in [1.29, 1.82) is 0 Å². The molecule has 1 fully saturated rings. The van der Waals surface area contributed by atoms with Crippen molar-refractivity contribution < 1.29 is 17.9 Å². The number of carbonyl (C=O) groups excluding carboxylic acids is 1. The third kappa shape index (κ3) is 3.34. The van der Waals surface area contributed by atoms with Crippen LogP contribution in [0.1, 0.15) is 10.5 Å². The summed E-state index contributed by atoms with van der Waals surface area (Å²) in [6.07, 6.45) is -0.531.